The molecule has 1 aromatic heterocycles. The number of benzene rings is 1. The molecule has 2 aromatic rings. The zero-order chi connectivity index (χ0) is 15.2. The van der Waals surface area contributed by atoms with E-state index in [9.17, 15) is 9.18 Å². The van der Waals surface area contributed by atoms with Gasteiger partial charge in [-0.1, -0.05) is 15.9 Å². The molecule has 1 N–H and O–H groups in total. The normalized spacial score (nSPS) is 10.4. The third-order valence-corrected chi connectivity index (χ3v) is 3.91. The van der Waals surface area contributed by atoms with Crippen molar-refractivity contribution in [1.29, 1.82) is 0 Å². The topological polar surface area (TPSA) is 51.2 Å². The van der Waals surface area contributed by atoms with Crippen LogP contribution in [0.15, 0.2) is 28.1 Å². The summed E-state index contributed by atoms with van der Waals surface area (Å²) in [6, 6.07) is 4.78. The van der Waals surface area contributed by atoms with Gasteiger partial charge in [0.2, 0.25) is 0 Å². The summed E-state index contributed by atoms with van der Waals surface area (Å²) in [5, 5.41) is 5.37. The van der Waals surface area contributed by atoms with Gasteiger partial charge in [0.1, 0.15) is 5.82 Å². The van der Waals surface area contributed by atoms with E-state index in [1.165, 1.54) is 17.4 Å². The summed E-state index contributed by atoms with van der Waals surface area (Å²) in [7, 11) is 0. The third kappa shape index (κ3) is 4.78. The largest absolute Gasteiger partial charge is 0.466 e. The summed E-state index contributed by atoms with van der Waals surface area (Å²) in [5.74, 6) is -0.591. The number of hydrogen-bond acceptors (Lipinski definition) is 5. The first-order valence-corrected chi connectivity index (χ1v) is 8.08. The standard InChI is InChI=1S/C14H14BrFN2O2S/c1-2-20-13(19)6-4-10-8-21-14(17-10)18-12-5-3-9(15)7-11(12)16/h3,5,7-8H,2,4,6H2,1H3,(H,17,18). The summed E-state index contributed by atoms with van der Waals surface area (Å²) in [5.41, 5.74) is 1.15. The zero-order valence-electron chi connectivity index (χ0n) is 11.4. The number of thiazole rings is 1. The van der Waals surface area contributed by atoms with Gasteiger partial charge in [0.15, 0.2) is 5.13 Å². The van der Waals surface area contributed by atoms with E-state index < -0.39 is 0 Å². The van der Waals surface area contributed by atoms with Crippen LogP contribution in [0.4, 0.5) is 15.2 Å². The van der Waals surface area contributed by atoms with Crippen molar-refractivity contribution in [3.05, 3.63) is 39.6 Å². The third-order valence-electron chi connectivity index (χ3n) is 2.62. The first-order chi connectivity index (χ1) is 10.1. The van der Waals surface area contributed by atoms with Crippen molar-refractivity contribution < 1.29 is 13.9 Å². The molecule has 1 heterocycles. The molecule has 0 unspecified atom stereocenters. The van der Waals surface area contributed by atoms with Crippen LogP contribution >= 0.6 is 27.3 Å². The van der Waals surface area contributed by atoms with E-state index >= 15 is 0 Å². The minimum atomic E-state index is -0.354. The van der Waals surface area contributed by atoms with Crippen LogP contribution < -0.4 is 5.32 Å². The van der Waals surface area contributed by atoms with Gasteiger partial charge in [0, 0.05) is 16.3 Å². The highest BCUT2D eigenvalue weighted by molar-refractivity contribution is 9.10. The number of esters is 1. The molecule has 0 bridgehead atoms. The van der Waals surface area contributed by atoms with E-state index in [4.69, 9.17) is 4.74 Å². The van der Waals surface area contributed by atoms with Gasteiger partial charge < -0.3 is 10.1 Å². The van der Waals surface area contributed by atoms with Crippen LogP contribution in [0.1, 0.15) is 19.0 Å². The molecular weight excluding hydrogens is 359 g/mol. The Morgan fingerprint density at radius 1 is 1.52 bits per heavy atom. The highest BCUT2D eigenvalue weighted by atomic mass is 79.9. The van der Waals surface area contributed by atoms with Gasteiger partial charge in [-0.3, -0.25) is 4.79 Å². The molecule has 1 aromatic carbocycles. The second kappa shape index (κ2) is 7.51. The van der Waals surface area contributed by atoms with E-state index in [0.717, 1.165) is 5.69 Å². The maximum Gasteiger partial charge on any atom is 0.306 e. The minimum Gasteiger partial charge on any atom is -0.466 e. The minimum absolute atomic E-state index is 0.237. The van der Waals surface area contributed by atoms with Crippen molar-refractivity contribution in [3.8, 4) is 0 Å². The molecular formula is C14H14BrFN2O2S. The Morgan fingerprint density at radius 3 is 3.05 bits per heavy atom. The maximum absolute atomic E-state index is 13.7. The number of carbonyl (C=O) groups excluding carboxylic acids is 1. The number of aromatic nitrogens is 1. The molecule has 2 rings (SSSR count). The number of ether oxygens (including phenoxy) is 1. The van der Waals surface area contributed by atoms with Gasteiger partial charge in [-0.25, -0.2) is 9.37 Å². The molecule has 0 aliphatic rings. The van der Waals surface area contributed by atoms with Crippen LogP contribution in [-0.4, -0.2) is 17.6 Å². The number of hydrogen-bond donors (Lipinski definition) is 1. The predicted octanol–water partition coefficient (Wildman–Crippen LogP) is 4.28. The Bertz CT molecular complexity index is 633. The first kappa shape index (κ1) is 15.9. The van der Waals surface area contributed by atoms with Gasteiger partial charge in [0.25, 0.3) is 0 Å². The lowest BCUT2D eigenvalue weighted by Gasteiger charge is -2.04. The molecule has 0 aliphatic carbocycles. The molecule has 0 saturated heterocycles. The summed E-state index contributed by atoms with van der Waals surface area (Å²) < 4.78 is 19.2. The number of nitrogens with zero attached hydrogens (tertiary/aromatic N) is 1. The number of anilines is 2. The van der Waals surface area contributed by atoms with Crippen molar-refractivity contribution in [2.75, 3.05) is 11.9 Å². The number of rotatable bonds is 6. The van der Waals surface area contributed by atoms with Crippen molar-refractivity contribution in [1.82, 2.24) is 4.98 Å². The summed E-state index contributed by atoms with van der Waals surface area (Å²) in [6.07, 6.45) is 0.809. The second-order valence-electron chi connectivity index (χ2n) is 4.20. The van der Waals surface area contributed by atoms with E-state index in [0.29, 0.717) is 34.7 Å². The van der Waals surface area contributed by atoms with Crippen LogP contribution in [0.2, 0.25) is 0 Å². The molecule has 21 heavy (non-hydrogen) atoms. The van der Waals surface area contributed by atoms with E-state index in [2.05, 4.69) is 26.2 Å². The zero-order valence-corrected chi connectivity index (χ0v) is 13.8. The molecule has 0 saturated carbocycles. The Kier molecular flexibility index (Phi) is 5.69. The number of aryl methyl sites for hydroxylation is 1. The van der Waals surface area contributed by atoms with Crippen LogP contribution in [0.3, 0.4) is 0 Å². The molecule has 112 valence electrons. The lowest BCUT2D eigenvalue weighted by atomic mass is 10.2. The fourth-order valence-electron chi connectivity index (χ4n) is 1.65. The fraction of sp³-hybridized carbons (Fsp3) is 0.286. The number of nitrogens with one attached hydrogen (secondary N) is 1. The SMILES string of the molecule is CCOC(=O)CCc1csc(Nc2ccc(Br)cc2F)n1. The summed E-state index contributed by atoms with van der Waals surface area (Å²) in [4.78, 5) is 15.6. The van der Waals surface area contributed by atoms with Crippen LogP contribution in [-0.2, 0) is 16.0 Å². The molecule has 7 heteroatoms. The summed E-state index contributed by atoms with van der Waals surface area (Å²) in [6.45, 7) is 2.15. The van der Waals surface area contributed by atoms with Gasteiger partial charge in [-0.15, -0.1) is 11.3 Å². The smallest absolute Gasteiger partial charge is 0.306 e. The Morgan fingerprint density at radius 2 is 2.33 bits per heavy atom. The van der Waals surface area contributed by atoms with Crippen molar-refractivity contribution in [2.45, 2.75) is 19.8 Å². The van der Waals surface area contributed by atoms with E-state index in [1.54, 1.807) is 19.1 Å². The molecule has 0 amide bonds. The van der Waals surface area contributed by atoms with Crippen LogP contribution in [0.5, 0.6) is 0 Å². The summed E-state index contributed by atoms with van der Waals surface area (Å²) >= 11 is 4.58. The van der Waals surface area contributed by atoms with Gasteiger partial charge in [-0.2, -0.15) is 0 Å². The van der Waals surface area contributed by atoms with Crippen molar-refractivity contribution in [2.24, 2.45) is 0 Å². The van der Waals surface area contributed by atoms with Gasteiger partial charge in [0.05, 0.1) is 24.4 Å². The quantitative estimate of drug-likeness (QED) is 0.768. The average molecular weight is 373 g/mol. The fourth-order valence-corrected chi connectivity index (χ4v) is 2.74. The average Bonchev–Trinajstić information content (AvgIpc) is 2.88. The van der Waals surface area contributed by atoms with Gasteiger partial charge in [-0.05, 0) is 25.1 Å². The lowest BCUT2D eigenvalue weighted by Crippen LogP contribution is -2.05. The Labute approximate surface area is 134 Å². The number of carbonyl (C=O) groups is 1. The van der Waals surface area contributed by atoms with Crippen molar-refractivity contribution >= 4 is 44.1 Å². The van der Waals surface area contributed by atoms with E-state index in [-0.39, 0.29) is 11.8 Å². The predicted molar refractivity (Wildman–Crippen MR) is 84.5 cm³/mol. The maximum atomic E-state index is 13.7. The highest BCUT2D eigenvalue weighted by Gasteiger charge is 2.08. The first-order valence-electron chi connectivity index (χ1n) is 6.40. The lowest BCUT2D eigenvalue weighted by molar-refractivity contribution is -0.143. The Balaban J connectivity index is 1.95. The molecule has 0 radical (unpaired) electrons. The second-order valence-corrected chi connectivity index (χ2v) is 5.97. The monoisotopic (exact) mass is 372 g/mol. The highest BCUT2D eigenvalue weighted by Crippen LogP contribution is 2.25. The Hall–Kier alpha value is -1.47. The van der Waals surface area contributed by atoms with Gasteiger partial charge >= 0.3 is 5.97 Å². The van der Waals surface area contributed by atoms with Crippen molar-refractivity contribution in [3.63, 3.8) is 0 Å². The van der Waals surface area contributed by atoms with E-state index in [1.807, 2.05) is 5.38 Å². The number of halogens is 2. The van der Waals surface area contributed by atoms with Crippen LogP contribution in [0.25, 0.3) is 0 Å². The molecule has 0 fully saturated rings. The van der Waals surface area contributed by atoms with Crippen LogP contribution in [0, 0.1) is 5.82 Å². The molecule has 0 atom stereocenters. The molecule has 0 spiro atoms. The molecule has 0 aliphatic heterocycles. The molecule has 4 nitrogen and oxygen atoms in total.